The van der Waals surface area contributed by atoms with Gasteiger partial charge in [-0.1, -0.05) is 0 Å². The van der Waals surface area contributed by atoms with Gasteiger partial charge in [-0.15, -0.1) is 0 Å². The van der Waals surface area contributed by atoms with Crippen molar-refractivity contribution in [3.63, 3.8) is 0 Å². The standard InChI is InChI=1S/C18H26N2O6S/c1-12-4-16(25-3)17(5-13(12)2)27(23,24)20-7-14-6-19(9-18(21)22)8-15(20)11-26-10-14/h4-5,14-15H,6-11H2,1-3H3,(H,21,22)/t14-,15-/m0/s1. The van der Waals surface area contributed by atoms with Gasteiger partial charge < -0.3 is 14.6 Å². The molecular formula is C18H26N2O6S. The topological polar surface area (TPSA) is 96.4 Å². The zero-order valence-electron chi connectivity index (χ0n) is 15.8. The second-order valence-electron chi connectivity index (χ2n) is 7.31. The lowest BCUT2D eigenvalue weighted by molar-refractivity contribution is -0.138. The van der Waals surface area contributed by atoms with E-state index in [0.717, 1.165) is 11.1 Å². The number of ether oxygens (including phenoxy) is 2. The predicted molar refractivity (Wildman–Crippen MR) is 98.5 cm³/mol. The maximum atomic E-state index is 13.5. The van der Waals surface area contributed by atoms with Crippen LogP contribution in [0.3, 0.4) is 0 Å². The number of aliphatic carboxylic acids is 1. The molecule has 27 heavy (non-hydrogen) atoms. The van der Waals surface area contributed by atoms with E-state index >= 15 is 0 Å². The first-order valence-corrected chi connectivity index (χ1v) is 10.4. The lowest BCUT2D eigenvalue weighted by Crippen LogP contribution is -2.47. The van der Waals surface area contributed by atoms with Crippen LogP contribution in [0.25, 0.3) is 0 Å². The number of sulfonamides is 1. The van der Waals surface area contributed by atoms with E-state index < -0.39 is 22.0 Å². The molecule has 0 saturated carbocycles. The molecule has 150 valence electrons. The summed E-state index contributed by atoms with van der Waals surface area (Å²) in [6.07, 6.45) is 0. The fourth-order valence-corrected chi connectivity index (χ4v) is 5.67. The average molecular weight is 398 g/mol. The molecule has 3 rings (SSSR count). The van der Waals surface area contributed by atoms with Crippen LogP contribution in [0.4, 0.5) is 0 Å². The normalized spacial score (nSPS) is 24.4. The van der Waals surface area contributed by atoms with E-state index in [1.165, 1.54) is 11.4 Å². The van der Waals surface area contributed by atoms with Gasteiger partial charge in [0.1, 0.15) is 10.6 Å². The van der Waals surface area contributed by atoms with Gasteiger partial charge in [-0.05, 0) is 37.1 Å². The van der Waals surface area contributed by atoms with Gasteiger partial charge in [-0.25, -0.2) is 8.42 Å². The van der Waals surface area contributed by atoms with E-state index in [0.29, 0.717) is 32.0 Å². The number of aryl methyl sites for hydroxylation is 2. The number of nitrogens with zero attached hydrogens (tertiary/aromatic N) is 2. The summed E-state index contributed by atoms with van der Waals surface area (Å²) in [5.41, 5.74) is 1.83. The fraction of sp³-hybridized carbons (Fsp3) is 0.611. The molecule has 1 aromatic carbocycles. The first-order chi connectivity index (χ1) is 12.7. The molecule has 8 nitrogen and oxygen atoms in total. The summed E-state index contributed by atoms with van der Waals surface area (Å²) in [7, 11) is -2.36. The molecule has 2 bridgehead atoms. The molecule has 1 N–H and O–H groups in total. The molecule has 0 spiro atoms. The molecular weight excluding hydrogens is 372 g/mol. The molecule has 2 saturated heterocycles. The van der Waals surface area contributed by atoms with Gasteiger partial charge >= 0.3 is 5.97 Å². The van der Waals surface area contributed by atoms with Gasteiger partial charge in [-0.3, -0.25) is 9.69 Å². The minimum absolute atomic E-state index is 0.0795. The van der Waals surface area contributed by atoms with Crippen molar-refractivity contribution in [1.29, 1.82) is 0 Å². The smallest absolute Gasteiger partial charge is 0.317 e. The molecule has 2 atom stereocenters. The first-order valence-electron chi connectivity index (χ1n) is 8.91. The van der Waals surface area contributed by atoms with Crippen LogP contribution in [0.2, 0.25) is 0 Å². The van der Waals surface area contributed by atoms with Crippen molar-refractivity contribution >= 4 is 16.0 Å². The molecule has 2 fully saturated rings. The van der Waals surface area contributed by atoms with E-state index in [-0.39, 0.29) is 24.0 Å². The number of fused-ring (bicyclic) bond motifs is 3. The number of hydrogen-bond acceptors (Lipinski definition) is 6. The number of hydrogen-bond donors (Lipinski definition) is 1. The lowest BCUT2D eigenvalue weighted by atomic mass is 10.1. The Hall–Kier alpha value is -1.68. The minimum atomic E-state index is -3.82. The van der Waals surface area contributed by atoms with E-state index in [4.69, 9.17) is 14.6 Å². The Balaban J connectivity index is 1.99. The van der Waals surface area contributed by atoms with E-state index in [2.05, 4.69) is 0 Å². The Bertz CT molecular complexity index is 825. The second-order valence-corrected chi connectivity index (χ2v) is 9.17. The van der Waals surface area contributed by atoms with Crippen molar-refractivity contribution in [2.45, 2.75) is 24.8 Å². The second kappa shape index (κ2) is 7.75. The Morgan fingerprint density at radius 1 is 1.22 bits per heavy atom. The van der Waals surface area contributed by atoms with Gasteiger partial charge in [0.25, 0.3) is 0 Å². The van der Waals surface area contributed by atoms with Crippen LogP contribution in [0, 0.1) is 19.8 Å². The number of benzene rings is 1. The van der Waals surface area contributed by atoms with Crippen LogP contribution in [0.1, 0.15) is 11.1 Å². The number of carboxylic acid groups (broad SMARTS) is 1. The van der Waals surface area contributed by atoms with Crippen LogP contribution in [0.15, 0.2) is 17.0 Å². The highest BCUT2D eigenvalue weighted by molar-refractivity contribution is 7.89. The Kier molecular flexibility index (Phi) is 5.76. The van der Waals surface area contributed by atoms with E-state index in [1.54, 1.807) is 17.0 Å². The van der Waals surface area contributed by atoms with Crippen LogP contribution in [-0.2, 0) is 19.6 Å². The molecule has 0 aliphatic carbocycles. The van der Waals surface area contributed by atoms with E-state index in [1.807, 2.05) is 13.8 Å². The van der Waals surface area contributed by atoms with Crippen LogP contribution < -0.4 is 4.74 Å². The molecule has 0 aromatic heterocycles. The summed E-state index contributed by atoms with van der Waals surface area (Å²) in [4.78, 5) is 13.1. The van der Waals surface area contributed by atoms with Crippen molar-refractivity contribution in [2.24, 2.45) is 5.92 Å². The van der Waals surface area contributed by atoms with E-state index in [9.17, 15) is 13.2 Å². The molecule has 2 aliphatic rings. The molecule has 2 heterocycles. The Morgan fingerprint density at radius 2 is 1.93 bits per heavy atom. The van der Waals surface area contributed by atoms with Crippen molar-refractivity contribution in [3.8, 4) is 5.75 Å². The third kappa shape index (κ3) is 4.11. The first kappa shape index (κ1) is 20.1. The number of rotatable bonds is 5. The van der Waals surface area contributed by atoms with Gasteiger partial charge in [0.2, 0.25) is 10.0 Å². The van der Waals surface area contributed by atoms with Gasteiger partial charge in [-0.2, -0.15) is 4.31 Å². The molecule has 1 aromatic rings. The minimum Gasteiger partial charge on any atom is -0.495 e. The quantitative estimate of drug-likeness (QED) is 0.781. The average Bonchev–Trinajstić information content (AvgIpc) is 2.87. The zero-order valence-corrected chi connectivity index (χ0v) is 16.7. The molecule has 9 heteroatoms. The van der Waals surface area contributed by atoms with Crippen molar-refractivity contribution < 1.29 is 27.8 Å². The maximum Gasteiger partial charge on any atom is 0.317 e. The Morgan fingerprint density at radius 3 is 2.59 bits per heavy atom. The predicted octanol–water partition coefficient (Wildman–Crippen LogP) is 0.718. The molecule has 0 radical (unpaired) electrons. The summed E-state index contributed by atoms with van der Waals surface area (Å²) in [6, 6.07) is 2.95. The van der Waals surface area contributed by atoms with Gasteiger partial charge in [0.05, 0.1) is 32.9 Å². The van der Waals surface area contributed by atoms with Crippen molar-refractivity contribution in [3.05, 3.63) is 23.3 Å². The number of carboxylic acids is 1. The highest BCUT2D eigenvalue weighted by atomic mass is 32.2. The zero-order chi connectivity index (χ0) is 19.8. The lowest BCUT2D eigenvalue weighted by Gasteiger charge is -2.30. The van der Waals surface area contributed by atoms with Crippen LogP contribution in [0.5, 0.6) is 5.75 Å². The summed E-state index contributed by atoms with van der Waals surface area (Å²) in [6.45, 7) is 5.47. The summed E-state index contributed by atoms with van der Waals surface area (Å²) >= 11 is 0. The number of methoxy groups -OCH3 is 1. The summed E-state index contributed by atoms with van der Waals surface area (Å²) in [5, 5.41) is 9.13. The van der Waals surface area contributed by atoms with Gasteiger partial charge in [0.15, 0.2) is 0 Å². The highest BCUT2D eigenvalue weighted by Gasteiger charge is 2.41. The SMILES string of the molecule is COc1cc(C)c(C)cc1S(=O)(=O)N1C[C@H]2COC[C@@H]1CN(CC(=O)O)C2. The Labute approximate surface area is 159 Å². The molecule has 0 amide bonds. The third-order valence-corrected chi connectivity index (χ3v) is 7.16. The van der Waals surface area contributed by atoms with Crippen molar-refractivity contribution in [1.82, 2.24) is 9.21 Å². The monoisotopic (exact) mass is 398 g/mol. The number of carbonyl (C=O) groups is 1. The summed E-state index contributed by atoms with van der Waals surface area (Å²) < 4.78 is 39.5. The fourth-order valence-electron chi connectivity index (χ4n) is 3.77. The van der Waals surface area contributed by atoms with Crippen LogP contribution in [-0.4, -0.2) is 81.2 Å². The molecule has 2 aliphatic heterocycles. The molecule has 0 unspecified atom stereocenters. The highest BCUT2D eigenvalue weighted by Crippen LogP contribution is 2.33. The van der Waals surface area contributed by atoms with Gasteiger partial charge in [0, 0.05) is 25.6 Å². The summed E-state index contributed by atoms with van der Waals surface area (Å²) in [5.74, 6) is -0.675. The maximum absolute atomic E-state index is 13.5. The van der Waals surface area contributed by atoms with Crippen LogP contribution >= 0.6 is 0 Å². The third-order valence-electron chi connectivity index (χ3n) is 5.22. The largest absolute Gasteiger partial charge is 0.495 e. The van der Waals surface area contributed by atoms with Crippen molar-refractivity contribution in [2.75, 3.05) is 46.5 Å².